The summed E-state index contributed by atoms with van der Waals surface area (Å²) in [5.41, 5.74) is 8.13. The highest BCUT2D eigenvalue weighted by Gasteiger charge is 2.17. The van der Waals surface area contributed by atoms with Gasteiger partial charge in [0, 0.05) is 24.7 Å². The third kappa shape index (κ3) is 2.74. The predicted molar refractivity (Wildman–Crippen MR) is 82.9 cm³/mol. The molecule has 0 unspecified atom stereocenters. The molecule has 0 spiro atoms. The van der Waals surface area contributed by atoms with Crippen molar-refractivity contribution >= 4 is 22.6 Å². The Hall–Kier alpha value is -2.75. The van der Waals surface area contributed by atoms with Gasteiger partial charge < -0.3 is 15.1 Å². The first-order valence-corrected chi connectivity index (χ1v) is 6.72. The average Bonchev–Trinajstić information content (AvgIpc) is 2.90. The fourth-order valence-corrected chi connectivity index (χ4v) is 2.28. The quantitative estimate of drug-likeness (QED) is 0.749. The van der Waals surface area contributed by atoms with Crippen LogP contribution in [-0.2, 0) is 6.54 Å². The van der Waals surface area contributed by atoms with Crippen LogP contribution in [-0.4, -0.2) is 17.9 Å². The number of carbonyl (C=O) groups is 1. The lowest BCUT2D eigenvalue weighted by Crippen LogP contribution is -2.25. The number of nitrogens with zero attached hydrogens (tertiary/aromatic N) is 1. The number of anilines is 1. The molecule has 4 heteroatoms. The van der Waals surface area contributed by atoms with Crippen molar-refractivity contribution in [3.05, 3.63) is 65.9 Å². The van der Waals surface area contributed by atoms with Crippen LogP contribution < -0.4 is 5.73 Å². The smallest absolute Gasteiger partial charge is 0.289 e. The van der Waals surface area contributed by atoms with Gasteiger partial charge in [0.2, 0.25) is 0 Å². The Bertz CT molecular complexity index is 778. The second-order valence-corrected chi connectivity index (χ2v) is 5.05. The van der Waals surface area contributed by atoms with E-state index in [2.05, 4.69) is 0 Å². The third-order valence-corrected chi connectivity index (χ3v) is 3.36. The van der Waals surface area contributed by atoms with E-state index >= 15 is 0 Å². The van der Waals surface area contributed by atoms with Crippen LogP contribution in [0, 0.1) is 0 Å². The maximum absolute atomic E-state index is 12.4. The van der Waals surface area contributed by atoms with Crippen LogP contribution in [0.1, 0.15) is 16.1 Å². The van der Waals surface area contributed by atoms with Crippen LogP contribution in [0.3, 0.4) is 0 Å². The number of benzene rings is 2. The van der Waals surface area contributed by atoms with E-state index in [1.807, 2.05) is 30.3 Å². The summed E-state index contributed by atoms with van der Waals surface area (Å²) in [5.74, 6) is 0.183. The Labute approximate surface area is 122 Å². The van der Waals surface area contributed by atoms with E-state index in [1.165, 1.54) is 0 Å². The molecule has 2 aromatic carbocycles. The fourth-order valence-electron chi connectivity index (χ4n) is 2.28. The summed E-state index contributed by atoms with van der Waals surface area (Å²) in [5, 5.41) is 0.839. The van der Waals surface area contributed by atoms with Crippen molar-refractivity contribution < 1.29 is 9.21 Å². The van der Waals surface area contributed by atoms with Crippen LogP contribution in [0.4, 0.5) is 5.69 Å². The summed E-state index contributed by atoms with van der Waals surface area (Å²) in [7, 11) is 1.76. The number of nitrogen functional groups attached to an aromatic ring is 1. The Morgan fingerprint density at radius 3 is 2.67 bits per heavy atom. The summed E-state index contributed by atoms with van der Waals surface area (Å²) in [6.07, 6.45) is 0. The number of amides is 1. The van der Waals surface area contributed by atoms with E-state index < -0.39 is 0 Å². The first-order valence-electron chi connectivity index (χ1n) is 6.72. The molecule has 0 radical (unpaired) electrons. The zero-order chi connectivity index (χ0) is 14.8. The fraction of sp³-hybridized carbons (Fsp3) is 0.118. The summed E-state index contributed by atoms with van der Waals surface area (Å²) in [4.78, 5) is 14.0. The molecule has 0 aliphatic heterocycles. The minimum Gasteiger partial charge on any atom is -0.451 e. The van der Waals surface area contributed by atoms with Gasteiger partial charge in [0.25, 0.3) is 5.91 Å². The van der Waals surface area contributed by atoms with E-state index in [1.54, 1.807) is 36.2 Å². The molecule has 0 atom stereocenters. The highest BCUT2D eigenvalue weighted by atomic mass is 16.3. The normalized spacial score (nSPS) is 10.7. The van der Waals surface area contributed by atoms with Gasteiger partial charge in [0.15, 0.2) is 5.76 Å². The van der Waals surface area contributed by atoms with Crippen molar-refractivity contribution in [2.45, 2.75) is 6.54 Å². The number of fused-ring (bicyclic) bond motifs is 1. The lowest BCUT2D eigenvalue weighted by atomic mass is 10.2. The zero-order valence-corrected chi connectivity index (χ0v) is 11.7. The second kappa shape index (κ2) is 5.32. The number of rotatable bonds is 3. The SMILES string of the molecule is CN(Cc1ccccc1)C(=O)c1cc2cc(N)ccc2o1. The number of hydrogen-bond donors (Lipinski definition) is 1. The molecule has 0 bridgehead atoms. The highest BCUT2D eigenvalue weighted by molar-refractivity contribution is 5.96. The third-order valence-electron chi connectivity index (χ3n) is 3.36. The van der Waals surface area contributed by atoms with E-state index in [0.29, 0.717) is 23.6 Å². The largest absolute Gasteiger partial charge is 0.451 e. The minimum atomic E-state index is -0.145. The van der Waals surface area contributed by atoms with E-state index in [4.69, 9.17) is 10.2 Å². The molecule has 0 saturated carbocycles. The Kier molecular flexibility index (Phi) is 3.36. The van der Waals surface area contributed by atoms with Gasteiger partial charge in [-0.3, -0.25) is 4.79 Å². The van der Waals surface area contributed by atoms with Crippen molar-refractivity contribution in [1.82, 2.24) is 4.90 Å². The molecule has 0 saturated heterocycles. The zero-order valence-electron chi connectivity index (χ0n) is 11.7. The molecule has 3 aromatic rings. The van der Waals surface area contributed by atoms with Gasteiger partial charge in [-0.25, -0.2) is 0 Å². The molecule has 2 N–H and O–H groups in total. The van der Waals surface area contributed by atoms with E-state index in [-0.39, 0.29) is 5.91 Å². The van der Waals surface area contributed by atoms with Crippen LogP contribution in [0.2, 0.25) is 0 Å². The van der Waals surface area contributed by atoms with Gasteiger partial charge in [-0.2, -0.15) is 0 Å². The summed E-state index contributed by atoms with van der Waals surface area (Å²) < 4.78 is 5.60. The molecule has 1 heterocycles. The van der Waals surface area contributed by atoms with Crippen molar-refractivity contribution in [1.29, 1.82) is 0 Å². The van der Waals surface area contributed by atoms with Gasteiger partial charge in [0.05, 0.1) is 0 Å². The van der Waals surface area contributed by atoms with Gasteiger partial charge in [-0.15, -0.1) is 0 Å². The summed E-state index contributed by atoms with van der Waals surface area (Å²) in [6, 6.07) is 16.9. The molecule has 21 heavy (non-hydrogen) atoms. The Balaban J connectivity index is 1.82. The molecule has 0 aliphatic rings. The van der Waals surface area contributed by atoms with Crippen molar-refractivity contribution in [2.24, 2.45) is 0 Å². The molecule has 0 aliphatic carbocycles. The first-order chi connectivity index (χ1) is 10.1. The molecule has 3 rings (SSSR count). The molecule has 106 valence electrons. The van der Waals surface area contributed by atoms with Crippen LogP contribution in [0.15, 0.2) is 59.0 Å². The van der Waals surface area contributed by atoms with Crippen LogP contribution >= 0.6 is 0 Å². The van der Waals surface area contributed by atoms with Gasteiger partial charge in [0.1, 0.15) is 5.58 Å². The molecule has 1 amide bonds. The maximum atomic E-state index is 12.4. The molecular weight excluding hydrogens is 264 g/mol. The molecule has 4 nitrogen and oxygen atoms in total. The first kappa shape index (κ1) is 13.2. The van der Waals surface area contributed by atoms with Gasteiger partial charge >= 0.3 is 0 Å². The number of nitrogens with two attached hydrogens (primary N) is 1. The monoisotopic (exact) mass is 280 g/mol. The molecular formula is C17H16N2O2. The molecule has 0 fully saturated rings. The lowest BCUT2D eigenvalue weighted by Gasteiger charge is -2.15. The predicted octanol–water partition coefficient (Wildman–Crippen LogP) is 3.29. The molecule has 1 aromatic heterocycles. The second-order valence-electron chi connectivity index (χ2n) is 5.05. The van der Waals surface area contributed by atoms with Crippen molar-refractivity contribution in [2.75, 3.05) is 12.8 Å². The maximum Gasteiger partial charge on any atom is 0.289 e. The summed E-state index contributed by atoms with van der Waals surface area (Å²) in [6.45, 7) is 0.541. The topological polar surface area (TPSA) is 59.5 Å². The Morgan fingerprint density at radius 2 is 1.90 bits per heavy atom. The van der Waals surface area contributed by atoms with E-state index in [9.17, 15) is 4.79 Å². The van der Waals surface area contributed by atoms with Crippen molar-refractivity contribution in [3.8, 4) is 0 Å². The Morgan fingerprint density at radius 1 is 1.14 bits per heavy atom. The number of hydrogen-bond acceptors (Lipinski definition) is 3. The summed E-state index contributed by atoms with van der Waals surface area (Å²) >= 11 is 0. The van der Waals surface area contributed by atoms with Gasteiger partial charge in [-0.05, 0) is 29.8 Å². The average molecular weight is 280 g/mol. The van der Waals surface area contributed by atoms with Crippen LogP contribution in [0.25, 0.3) is 11.0 Å². The standard InChI is InChI=1S/C17H16N2O2/c1-19(11-12-5-3-2-4-6-12)17(20)16-10-13-9-14(18)7-8-15(13)21-16/h2-10H,11,18H2,1H3. The van der Waals surface area contributed by atoms with Gasteiger partial charge in [-0.1, -0.05) is 30.3 Å². The lowest BCUT2D eigenvalue weighted by molar-refractivity contribution is 0.0756. The van der Waals surface area contributed by atoms with Crippen molar-refractivity contribution in [3.63, 3.8) is 0 Å². The van der Waals surface area contributed by atoms with Crippen LogP contribution in [0.5, 0.6) is 0 Å². The minimum absolute atomic E-state index is 0.145. The number of carbonyl (C=O) groups excluding carboxylic acids is 1. The number of furan rings is 1. The van der Waals surface area contributed by atoms with E-state index in [0.717, 1.165) is 10.9 Å². The highest BCUT2D eigenvalue weighted by Crippen LogP contribution is 2.22.